The van der Waals surface area contributed by atoms with E-state index in [1.54, 1.807) is 12.2 Å². The van der Waals surface area contributed by atoms with Crippen molar-refractivity contribution in [3.8, 4) is 5.75 Å². The first kappa shape index (κ1) is 17.6. The van der Waals surface area contributed by atoms with E-state index in [-0.39, 0.29) is 5.69 Å². The van der Waals surface area contributed by atoms with Crippen LogP contribution in [0.25, 0.3) is 6.08 Å². The van der Waals surface area contributed by atoms with Crippen LogP contribution in [0.3, 0.4) is 0 Å². The van der Waals surface area contributed by atoms with Crippen LogP contribution in [-0.2, 0) is 4.79 Å². The maximum atomic E-state index is 11.9. The van der Waals surface area contributed by atoms with Crippen molar-refractivity contribution in [1.29, 1.82) is 0 Å². The minimum Gasteiger partial charge on any atom is -0.489 e. The predicted octanol–water partition coefficient (Wildman–Crippen LogP) is 3.71. The summed E-state index contributed by atoms with van der Waals surface area (Å²) in [5.74, 6) is -0.466. The summed E-state index contributed by atoms with van der Waals surface area (Å²) < 4.78 is 3.37. The van der Waals surface area contributed by atoms with Crippen molar-refractivity contribution in [2.75, 3.05) is 6.61 Å². The van der Waals surface area contributed by atoms with Gasteiger partial charge in [-0.25, -0.2) is 0 Å². The molecule has 1 aliphatic heterocycles. The lowest BCUT2D eigenvalue weighted by Gasteiger charge is -2.23. The zero-order chi connectivity index (χ0) is 17.2. The van der Waals surface area contributed by atoms with Crippen LogP contribution in [0, 0.1) is 10.1 Å². The van der Waals surface area contributed by atoms with Gasteiger partial charge in [0.2, 0.25) is 0 Å². The van der Waals surface area contributed by atoms with Crippen LogP contribution in [0.15, 0.2) is 30.9 Å². The van der Waals surface area contributed by atoms with Crippen molar-refractivity contribution >= 4 is 52.5 Å². The van der Waals surface area contributed by atoms with Crippen LogP contribution < -0.4 is 10.1 Å². The Balaban J connectivity index is 2.49. The third-order valence-electron chi connectivity index (χ3n) is 3.08. The van der Waals surface area contributed by atoms with E-state index in [0.717, 1.165) is 0 Å². The van der Waals surface area contributed by atoms with Crippen LogP contribution in [0.4, 0.5) is 5.69 Å². The molecule has 1 aromatic carbocycles. The molecule has 0 saturated carbocycles. The van der Waals surface area contributed by atoms with Crippen molar-refractivity contribution in [2.45, 2.75) is 9.83 Å². The fourth-order valence-corrected chi connectivity index (χ4v) is 2.24. The molecule has 1 unspecified atom stereocenters. The molecule has 0 aromatic heterocycles. The summed E-state index contributed by atoms with van der Waals surface area (Å²) in [6.45, 7) is 3.91. The van der Waals surface area contributed by atoms with Crippen LogP contribution in [-0.4, -0.2) is 21.2 Å². The first-order chi connectivity index (χ1) is 10.7. The van der Waals surface area contributed by atoms with Crippen molar-refractivity contribution in [2.24, 2.45) is 0 Å². The molecule has 1 aliphatic rings. The predicted molar refractivity (Wildman–Crippen MR) is 89.0 cm³/mol. The fraction of sp³-hybridized carbons (Fsp3) is 0.214. The zero-order valence-electron chi connectivity index (χ0n) is 11.6. The minimum absolute atomic E-state index is 0.149. The number of carbonyl (C=O) groups is 1. The second-order valence-electron chi connectivity index (χ2n) is 4.61. The summed E-state index contributed by atoms with van der Waals surface area (Å²) in [6.07, 6.45) is 4.79. The summed E-state index contributed by atoms with van der Waals surface area (Å²) in [7, 11) is 0. The van der Waals surface area contributed by atoms with Gasteiger partial charge in [-0.05, 0) is 6.08 Å². The van der Waals surface area contributed by atoms with E-state index in [1.165, 1.54) is 18.2 Å². The number of nitro benzene ring substituents is 1. The Bertz CT molecular complexity index is 698. The molecule has 0 fully saturated rings. The number of ether oxygens (including phenoxy) is 1. The third kappa shape index (κ3) is 3.96. The Morgan fingerprint density at radius 3 is 2.74 bits per heavy atom. The number of nitro groups is 1. The number of rotatable bonds is 4. The van der Waals surface area contributed by atoms with E-state index in [4.69, 9.17) is 39.5 Å². The maximum Gasteiger partial charge on any atom is 0.272 e. The van der Waals surface area contributed by atoms with Gasteiger partial charge in [0, 0.05) is 23.3 Å². The van der Waals surface area contributed by atoms with E-state index < -0.39 is 20.7 Å². The maximum absolute atomic E-state index is 11.9. The Hall–Kier alpha value is -1.76. The van der Waals surface area contributed by atoms with E-state index in [1.807, 2.05) is 0 Å². The number of nitrogens with one attached hydrogen (secondary N) is 1. The first-order valence-corrected chi connectivity index (χ1v) is 7.49. The number of hydrogen-bond acceptors (Lipinski definition) is 4. The molecular formula is C14H11Cl3N2O4. The SMILES string of the molecule is C=CC(NC(=O)C(Cl)(Cl)Cl)c1cc([N+](=O)[O-])cc2c1OCC=C2. The van der Waals surface area contributed by atoms with E-state index >= 15 is 0 Å². The highest BCUT2D eigenvalue weighted by Gasteiger charge is 2.33. The Morgan fingerprint density at radius 2 is 2.17 bits per heavy atom. The molecule has 0 radical (unpaired) electrons. The molecule has 0 saturated heterocycles. The lowest BCUT2D eigenvalue weighted by molar-refractivity contribution is -0.385. The standard InChI is InChI=1S/C14H11Cl3N2O4/c1-2-11(18-13(20)14(15,16)17)10-7-9(19(21)22)6-8-4-3-5-23-12(8)10/h2-4,6-7,11H,1,5H2,(H,18,20). The third-order valence-corrected chi connectivity index (χ3v) is 3.59. The highest BCUT2D eigenvalue weighted by Crippen LogP contribution is 2.37. The van der Waals surface area contributed by atoms with Crippen molar-refractivity contribution in [3.63, 3.8) is 0 Å². The van der Waals surface area contributed by atoms with Crippen molar-refractivity contribution in [3.05, 3.63) is 52.1 Å². The molecule has 1 heterocycles. The molecule has 6 nitrogen and oxygen atoms in total. The molecule has 0 spiro atoms. The lowest BCUT2D eigenvalue weighted by Crippen LogP contribution is -2.36. The monoisotopic (exact) mass is 376 g/mol. The van der Waals surface area contributed by atoms with Crippen LogP contribution in [0.5, 0.6) is 5.75 Å². The second-order valence-corrected chi connectivity index (χ2v) is 6.89. The van der Waals surface area contributed by atoms with Gasteiger partial charge in [0.25, 0.3) is 15.4 Å². The number of amides is 1. The Labute approximate surface area is 146 Å². The molecule has 1 amide bonds. The normalized spacial score (nSPS) is 14.4. The lowest BCUT2D eigenvalue weighted by atomic mass is 9.99. The molecule has 1 aromatic rings. The number of fused-ring (bicyclic) bond motifs is 1. The topological polar surface area (TPSA) is 81.5 Å². The average Bonchev–Trinajstić information content (AvgIpc) is 2.50. The molecular weight excluding hydrogens is 367 g/mol. The second kappa shape index (κ2) is 6.78. The van der Waals surface area contributed by atoms with Crippen LogP contribution in [0.1, 0.15) is 17.2 Å². The number of carbonyl (C=O) groups excluding carboxylic acids is 1. The number of hydrogen-bond donors (Lipinski definition) is 1. The number of halogens is 3. The van der Waals surface area contributed by atoms with Gasteiger partial charge >= 0.3 is 0 Å². The minimum atomic E-state index is -2.16. The summed E-state index contributed by atoms with van der Waals surface area (Å²) in [5, 5.41) is 13.6. The summed E-state index contributed by atoms with van der Waals surface area (Å²) in [4.78, 5) is 22.4. The number of benzene rings is 1. The molecule has 2 rings (SSSR count). The first-order valence-electron chi connectivity index (χ1n) is 6.36. The van der Waals surface area contributed by atoms with Gasteiger partial charge in [-0.2, -0.15) is 0 Å². The number of nitrogens with zero attached hydrogens (tertiary/aromatic N) is 1. The highest BCUT2D eigenvalue weighted by molar-refractivity contribution is 6.76. The summed E-state index contributed by atoms with van der Waals surface area (Å²) in [5.41, 5.74) is 0.732. The van der Waals surface area contributed by atoms with Crippen LogP contribution in [0.2, 0.25) is 0 Å². The number of non-ortho nitro benzene ring substituents is 1. The Morgan fingerprint density at radius 1 is 1.48 bits per heavy atom. The molecule has 1 N–H and O–H groups in total. The Kier molecular flexibility index (Phi) is 5.19. The number of alkyl halides is 3. The average molecular weight is 378 g/mol. The molecule has 9 heteroatoms. The van der Waals surface area contributed by atoms with E-state index in [2.05, 4.69) is 11.9 Å². The smallest absolute Gasteiger partial charge is 0.272 e. The van der Waals surface area contributed by atoms with Gasteiger partial charge in [-0.1, -0.05) is 47.0 Å². The summed E-state index contributed by atoms with van der Waals surface area (Å²) >= 11 is 16.6. The van der Waals surface area contributed by atoms with Gasteiger partial charge in [0.15, 0.2) is 0 Å². The highest BCUT2D eigenvalue weighted by atomic mass is 35.6. The van der Waals surface area contributed by atoms with Crippen molar-refractivity contribution in [1.82, 2.24) is 5.32 Å². The molecule has 23 heavy (non-hydrogen) atoms. The molecule has 0 bridgehead atoms. The van der Waals surface area contributed by atoms with Gasteiger partial charge in [0.05, 0.1) is 11.0 Å². The summed E-state index contributed by atoms with van der Waals surface area (Å²) in [6, 6.07) is 1.85. The fourth-order valence-electron chi connectivity index (χ4n) is 2.08. The van der Waals surface area contributed by atoms with Gasteiger partial charge in [-0.15, -0.1) is 6.58 Å². The van der Waals surface area contributed by atoms with Crippen LogP contribution >= 0.6 is 34.8 Å². The van der Waals surface area contributed by atoms with Gasteiger partial charge < -0.3 is 10.1 Å². The zero-order valence-corrected chi connectivity index (χ0v) is 13.9. The molecule has 1 atom stereocenters. The molecule has 0 aliphatic carbocycles. The van der Waals surface area contributed by atoms with Gasteiger partial charge in [0.1, 0.15) is 12.4 Å². The molecule has 122 valence electrons. The van der Waals surface area contributed by atoms with Crippen molar-refractivity contribution < 1.29 is 14.5 Å². The van der Waals surface area contributed by atoms with E-state index in [9.17, 15) is 14.9 Å². The quantitative estimate of drug-likeness (QED) is 0.375. The largest absolute Gasteiger partial charge is 0.489 e. The van der Waals surface area contributed by atoms with E-state index in [0.29, 0.717) is 23.5 Å². The van der Waals surface area contributed by atoms with Gasteiger partial charge in [-0.3, -0.25) is 14.9 Å².